The van der Waals surface area contributed by atoms with Crippen LogP contribution in [0.4, 0.5) is 0 Å². The first-order valence-electron chi connectivity index (χ1n) is 3.97. The molecule has 2 rings (SSSR count). The smallest absolute Gasteiger partial charge is 0.151 e. The Morgan fingerprint density at radius 2 is 2.29 bits per heavy atom. The van der Waals surface area contributed by atoms with Crippen molar-refractivity contribution in [2.45, 2.75) is 5.33 Å². The number of benzene rings is 1. The molecule has 4 heteroatoms. The summed E-state index contributed by atoms with van der Waals surface area (Å²) in [5.41, 5.74) is 1.85. The second kappa shape index (κ2) is 4.01. The van der Waals surface area contributed by atoms with E-state index in [1.165, 1.54) is 0 Å². The number of fused-ring (bicyclic) bond motifs is 1. The number of thiophene rings is 1. The zero-order valence-corrected chi connectivity index (χ0v) is 10.2. The first-order chi connectivity index (χ1) is 6.77. The Balaban J connectivity index is 2.86. The molecule has 0 atom stereocenters. The van der Waals surface area contributed by atoms with Gasteiger partial charge in [0.2, 0.25) is 0 Å². The summed E-state index contributed by atoms with van der Waals surface area (Å²) in [6.45, 7) is 0. The molecule has 1 aromatic carbocycles. The maximum absolute atomic E-state index is 10.8. The minimum absolute atomic E-state index is 0.710. The van der Waals surface area contributed by atoms with E-state index >= 15 is 0 Å². The summed E-state index contributed by atoms with van der Waals surface area (Å²) >= 11 is 11.0. The predicted molar refractivity (Wildman–Crippen MR) is 64.9 cm³/mol. The van der Waals surface area contributed by atoms with Crippen molar-refractivity contribution < 1.29 is 4.79 Å². The molecule has 0 saturated carbocycles. The quantitative estimate of drug-likeness (QED) is 0.596. The first-order valence-corrected chi connectivity index (χ1v) is 6.35. The van der Waals surface area contributed by atoms with Crippen LogP contribution in [-0.2, 0) is 5.33 Å². The average molecular weight is 290 g/mol. The van der Waals surface area contributed by atoms with Gasteiger partial charge in [-0.25, -0.2) is 0 Å². The van der Waals surface area contributed by atoms with Gasteiger partial charge in [0, 0.05) is 26.0 Å². The number of hydrogen-bond acceptors (Lipinski definition) is 2. The van der Waals surface area contributed by atoms with Crippen molar-refractivity contribution in [1.82, 2.24) is 0 Å². The van der Waals surface area contributed by atoms with Gasteiger partial charge < -0.3 is 0 Å². The summed E-state index contributed by atoms with van der Waals surface area (Å²) in [5, 5.41) is 4.49. The van der Waals surface area contributed by atoms with Gasteiger partial charge in [0.15, 0.2) is 6.29 Å². The first kappa shape index (κ1) is 10.1. The minimum Gasteiger partial charge on any atom is -0.298 e. The summed E-state index contributed by atoms with van der Waals surface area (Å²) in [4.78, 5) is 10.8. The van der Waals surface area contributed by atoms with Crippen molar-refractivity contribution >= 4 is 55.2 Å². The zero-order valence-electron chi connectivity index (χ0n) is 7.09. The summed E-state index contributed by atoms with van der Waals surface area (Å²) in [6.07, 6.45) is 0.868. The molecule has 1 heterocycles. The number of halogens is 2. The molecule has 0 unspecified atom stereocenters. The lowest BCUT2D eigenvalue weighted by Crippen LogP contribution is -1.81. The van der Waals surface area contributed by atoms with Gasteiger partial charge in [-0.15, -0.1) is 11.3 Å². The van der Waals surface area contributed by atoms with Gasteiger partial charge in [0.1, 0.15) is 0 Å². The van der Waals surface area contributed by atoms with Crippen LogP contribution in [0.3, 0.4) is 0 Å². The SMILES string of the molecule is O=Cc1ccc(Cl)c2c(CBr)csc12. The molecule has 0 aliphatic carbocycles. The molecule has 1 aromatic heterocycles. The van der Waals surface area contributed by atoms with Crippen LogP contribution >= 0.6 is 38.9 Å². The highest BCUT2D eigenvalue weighted by molar-refractivity contribution is 9.08. The number of carbonyl (C=O) groups is 1. The van der Waals surface area contributed by atoms with E-state index in [9.17, 15) is 4.79 Å². The minimum atomic E-state index is 0.710. The fraction of sp³-hybridized carbons (Fsp3) is 0.100. The third-order valence-electron chi connectivity index (χ3n) is 2.05. The van der Waals surface area contributed by atoms with E-state index in [2.05, 4.69) is 15.9 Å². The number of alkyl halides is 1. The van der Waals surface area contributed by atoms with Gasteiger partial charge in [0.05, 0.1) is 0 Å². The normalized spacial score (nSPS) is 10.7. The molecular weight excluding hydrogens is 284 g/mol. The molecule has 2 aromatic rings. The zero-order chi connectivity index (χ0) is 10.1. The molecule has 0 saturated heterocycles. The third kappa shape index (κ3) is 1.49. The van der Waals surface area contributed by atoms with Crippen LogP contribution in [0.25, 0.3) is 10.1 Å². The topological polar surface area (TPSA) is 17.1 Å². The summed E-state index contributed by atoms with van der Waals surface area (Å²) in [6, 6.07) is 3.53. The molecule has 0 bridgehead atoms. The molecule has 0 aliphatic rings. The van der Waals surface area contributed by atoms with Crippen molar-refractivity contribution in [3.8, 4) is 0 Å². The summed E-state index contributed by atoms with van der Waals surface area (Å²) < 4.78 is 0.974. The number of carbonyl (C=O) groups excluding carboxylic acids is 1. The Morgan fingerprint density at radius 3 is 2.93 bits per heavy atom. The molecule has 0 aliphatic heterocycles. The lowest BCUT2D eigenvalue weighted by molar-refractivity contribution is 0.112. The van der Waals surface area contributed by atoms with Crippen LogP contribution in [0.2, 0.25) is 5.02 Å². The Kier molecular flexibility index (Phi) is 2.91. The predicted octanol–water partition coefficient (Wildman–Crippen LogP) is 4.26. The molecular formula is C10H6BrClOS. The van der Waals surface area contributed by atoms with Gasteiger partial charge in [-0.05, 0) is 23.1 Å². The van der Waals surface area contributed by atoms with Crippen LogP contribution in [0.1, 0.15) is 15.9 Å². The van der Waals surface area contributed by atoms with Gasteiger partial charge in [-0.3, -0.25) is 4.79 Å². The largest absolute Gasteiger partial charge is 0.298 e. The van der Waals surface area contributed by atoms with E-state index in [-0.39, 0.29) is 0 Å². The van der Waals surface area contributed by atoms with E-state index in [0.29, 0.717) is 10.6 Å². The fourth-order valence-electron chi connectivity index (χ4n) is 1.38. The molecule has 72 valence electrons. The lowest BCUT2D eigenvalue weighted by atomic mass is 10.1. The number of hydrogen-bond donors (Lipinski definition) is 0. The van der Waals surface area contributed by atoms with Gasteiger partial charge in [-0.1, -0.05) is 27.5 Å². The molecule has 0 amide bonds. The van der Waals surface area contributed by atoms with Crippen molar-refractivity contribution in [2.24, 2.45) is 0 Å². The van der Waals surface area contributed by atoms with Gasteiger partial charge in [0.25, 0.3) is 0 Å². The average Bonchev–Trinajstić information content (AvgIpc) is 2.63. The van der Waals surface area contributed by atoms with E-state index in [0.717, 1.165) is 27.3 Å². The Morgan fingerprint density at radius 1 is 1.50 bits per heavy atom. The van der Waals surface area contributed by atoms with Crippen molar-refractivity contribution in [3.63, 3.8) is 0 Å². The molecule has 0 N–H and O–H groups in total. The highest BCUT2D eigenvalue weighted by Gasteiger charge is 2.10. The second-order valence-electron chi connectivity index (χ2n) is 2.85. The molecule has 14 heavy (non-hydrogen) atoms. The third-order valence-corrected chi connectivity index (χ3v) is 4.05. The Labute approximate surface area is 98.8 Å². The van der Waals surface area contributed by atoms with Crippen molar-refractivity contribution in [2.75, 3.05) is 0 Å². The maximum atomic E-state index is 10.8. The van der Waals surface area contributed by atoms with Gasteiger partial charge in [-0.2, -0.15) is 0 Å². The molecule has 0 spiro atoms. The highest BCUT2D eigenvalue weighted by atomic mass is 79.9. The molecule has 1 nitrogen and oxygen atoms in total. The van der Waals surface area contributed by atoms with Crippen LogP contribution in [0.15, 0.2) is 17.5 Å². The van der Waals surface area contributed by atoms with Crippen LogP contribution < -0.4 is 0 Å². The maximum Gasteiger partial charge on any atom is 0.151 e. The van der Waals surface area contributed by atoms with E-state index in [4.69, 9.17) is 11.6 Å². The highest BCUT2D eigenvalue weighted by Crippen LogP contribution is 2.35. The fourth-order valence-corrected chi connectivity index (χ4v) is 3.44. The summed E-state index contributed by atoms with van der Waals surface area (Å²) in [5.74, 6) is 0. The van der Waals surface area contributed by atoms with Crippen LogP contribution in [0.5, 0.6) is 0 Å². The summed E-state index contributed by atoms with van der Waals surface area (Å²) in [7, 11) is 0. The van der Waals surface area contributed by atoms with Crippen LogP contribution in [-0.4, -0.2) is 6.29 Å². The second-order valence-corrected chi connectivity index (χ2v) is 4.70. The number of aldehydes is 1. The lowest BCUT2D eigenvalue weighted by Gasteiger charge is -1.99. The number of rotatable bonds is 2. The van der Waals surface area contributed by atoms with Crippen molar-refractivity contribution in [3.05, 3.63) is 33.7 Å². The van der Waals surface area contributed by atoms with Gasteiger partial charge >= 0.3 is 0 Å². The van der Waals surface area contributed by atoms with E-state index in [1.54, 1.807) is 23.5 Å². The molecule has 0 radical (unpaired) electrons. The van der Waals surface area contributed by atoms with E-state index in [1.807, 2.05) is 5.38 Å². The van der Waals surface area contributed by atoms with Crippen molar-refractivity contribution in [1.29, 1.82) is 0 Å². The van der Waals surface area contributed by atoms with E-state index < -0.39 is 0 Å². The Bertz CT molecular complexity index is 492. The van der Waals surface area contributed by atoms with Crippen LogP contribution in [0, 0.1) is 0 Å². The molecule has 0 fully saturated rings. The Hall–Kier alpha value is -0.380. The monoisotopic (exact) mass is 288 g/mol. The standard InChI is InChI=1S/C10H6BrClOS/c11-3-7-5-14-10-6(4-13)1-2-8(12)9(7)10/h1-2,4-5H,3H2.